The summed E-state index contributed by atoms with van der Waals surface area (Å²) in [5.41, 5.74) is -0.538. The van der Waals surface area contributed by atoms with Gasteiger partial charge < -0.3 is 10.2 Å². The lowest BCUT2D eigenvalue weighted by molar-refractivity contribution is -0.137. The molecule has 1 aliphatic carbocycles. The number of anilines is 1. The van der Waals surface area contributed by atoms with Crippen molar-refractivity contribution in [2.45, 2.75) is 45.5 Å². The molecule has 30 heavy (non-hydrogen) atoms. The molecular weight excluding hydrogens is 398 g/mol. The third kappa shape index (κ3) is 4.66. The highest BCUT2D eigenvalue weighted by Gasteiger charge is 2.36. The first kappa shape index (κ1) is 21.9. The zero-order valence-electron chi connectivity index (χ0n) is 16.8. The van der Waals surface area contributed by atoms with Crippen LogP contribution in [0.3, 0.4) is 0 Å². The van der Waals surface area contributed by atoms with E-state index in [-0.39, 0.29) is 5.69 Å². The molecule has 2 aliphatic rings. The third-order valence-electron chi connectivity index (χ3n) is 5.42. The Morgan fingerprint density at radius 3 is 2.73 bits per heavy atom. The van der Waals surface area contributed by atoms with Gasteiger partial charge in [0.25, 0.3) is 0 Å². The molecule has 8 heteroatoms. The van der Waals surface area contributed by atoms with Crippen molar-refractivity contribution in [3.05, 3.63) is 52.7 Å². The zero-order chi connectivity index (χ0) is 22.1. The summed E-state index contributed by atoms with van der Waals surface area (Å²) in [6.45, 7) is 4.51. The number of benzene rings is 1. The Labute approximate surface area is 172 Å². The Kier molecular flexibility index (Phi) is 5.93. The van der Waals surface area contributed by atoms with E-state index in [4.69, 9.17) is 5.26 Å². The van der Waals surface area contributed by atoms with Crippen LogP contribution in [-0.4, -0.2) is 30.1 Å². The van der Waals surface area contributed by atoms with Gasteiger partial charge in [0.05, 0.1) is 22.6 Å². The highest BCUT2D eigenvalue weighted by atomic mass is 19.4. The van der Waals surface area contributed by atoms with E-state index in [9.17, 15) is 22.4 Å². The number of rotatable bonds is 4. The molecule has 1 aliphatic heterocycles. The van der Waals surface area contributed by atoms with Crippen molar-refractivity contribution >= 4 is 11.6 Å². The first-order chi connectivity index (χ1) is 14.0. The van der Waals surface area contributed by atoms with Gasteiger partial charge in [0, 0.05) is 30.9 Å². The first-order valence-electron chi connectivity index (χ1n) is 9.73. The molecule has 0 saturated heterocycles. The van der Waals surface area contributed by atoms with E-state index in [0.717, 1.165) is 42.8 Å². The van der Waals surface area contributed by atoms with Crippen molar-refractivity contribution < 1.29 is 22.4 Å². The predicted molar refractivity (Wildman–Crippen MR) is 105 cm³/mol. The van der Waals surface area contributed by atoms with Gasteiger partial charge in [-0.15, -0.1) is 0 Å². The molecule has 1 N–H and O–H groups in total. The lowest BCUT2D eigenvalue weighted by Crippen LogP contribution is -2.43. The molecule has 1 heterocycles. The van der Waals surface area contributed by atoms with Gasteiger partial charge in [0.15, 0.2) is 0 Å². The molecule has 1 aromatic rings. The van der Waals surface area contributed by atoms with Crippen LogP contribution in [0, 0.1) is 16.7 Å². The SMILES string of the molecule is CC(C)(CN1CCCC2=C1C=CC(F)C2)C(=O)Nc1ccc(C#N)c(C(F)(F)F)c1. The Morgan fingerprint density at radius 2 is 2.07 bits per heavy atom. The van der Waals surface area contributed by atoms with Crippen LogP contribution in [0.4, 0.5) is 23.2 Å². The van der Waals surface area contributed by atoms with E-state index in [0.29, 0.717) is 13.0 Å². The van der Waals surface area contributed by atoms with Gasteiger partial charge in [-0.2, -0.15) is 18.4 Å². The number of hydrogen-bond acceptors (Lipinski definition) is 3. The van der Waals surface area contributed by atoms with Crippen LogP contribution in [0.1, 0.15) is 44.2 Å². The van der Waals surface area contributed by atoms with E-state index in [2.05, 4.69) is 5.32 Å². The summed E-state index contributed by atoms with van der Waals surface area (Å²) in [6.07, 6.45) is -0.359. The minimum Gasteiger partial charge on any atom is -0.371 e. The van der Waals surface area contributed by atoms with Crippen molar-refractivity contribution in [3.63, 3.8) is 0 Å². The molecule has 4 nitrogen and oxygen atoms in total. The van der Waals surface area contributed by atoms with E-state index < -0.39 is 34.8 Å². The topological polar surface area (TPSA) is 56.1 Å². The fourth-order valence-corrected chi connectivity index (χ4v) is 3.85. The molecule has 1 atom stereocenters. The summed E-state index contributed by atoms with van der Waals surface area (Å²) in [5.74, 6) is -0.434. The number of carbonyl (C=O) groups is 1. The average Bonchev–Trinajstić information content (AvgIpc) is 2.67. The number of carbonyl (C=O) groups excluding carboxylic acids is 1. The molecule has 160 valence electrons. The summed E-state index contributed by atoms with van der Waals surface area (Å²) in [4.78, 5) is 14.9. The van der Waals surface area contributed by atoms with E-state index >= 15 is 0 Å². The second kappa shape index (κ2) is 8.13. The van der Waals surface area contributed by atoms with Gasteiger partial charge in [0.2, 0.25) is 5.91 Å². The van der Waals surface area contributed by atoms with Crippen LogP contribution in [0.5, 0.6) is 0 Å². The first-order valence-corrected chi connectivity index (χ1v) is 9.73. The number of nitriles is 1. The quantitative estimate of drug-likeness (QED) is 0.681. The molecule has 0 saturated carbocycles. The Balaban J connectivity index is 1.76. The number of hydrogen-bond donors (Lipinski definition) is 1. The second-order valence-electron chi connectivity index (χ2n) is 8.30. The van der Waals surface area contributed by atoms with Crippen molar-refractivity contribution in [2.24, 2.45) is 5.41 Å². The van der Waals surface area contributed by atoms with Gasteiger partial charge in [-0.1, -0.05) is 0 Å². The average molecular weight is 421 g/mol. The van der Waals surface area contributed by atoms with Gasteiger partial charge in [0.1, 0.15) is 6.17 Å². The fraction of sp³-hybridized carbons (Fsp3) is 0.455. The Morgan fingerprint density at radius 1 is 1.33 bits per heavy atom. The van der Waals surface area contributed by atoms with Gasteiger partial charge in [-0.3, -0.25) is 4.79 Å². The van der Waals surface area contributed by atoms with Crippen LogP contribution in [0.15, 0.2) is 41.6 Å². The van der Waals surface area contributed by atoms with E-state index in [1.807, 2.05) is 4.90 Å². The van der Waals surface area contributed by atoms with Crippen LogP contribution >= 0.6 is 0 Å². The number of alkyl halides is 4. The standard InChI is InChI=1S/C22H23F4N3O/c1-21(2,13-29-9-3-4-14-10-16(23)6-8-19(14)29)20(30)28-17-7-5-15(12-27)18(11-17)22(24,25)26/h5-8,11,16H,3-4,9-10,13H2,1-2H3,(H,28,30). The number of amides is 1. The van der Waals surface area contributed by atoms with Gasteiger partial charge in [-0.25, -0.2) is 4.39 Å². The molecule has 0 aromatic heterocycles. The van der Waals surface area contributed by atoms with Crippen molar-refractivity contribution in [1.29, 1.82) is 5.26 Å². The molecule has 1 unspecified atom stereocenters. The molecule has 3 rings (SSSR count). The maximum atomic E-state index is 13.7. The summed E-state index contributed by atoms with van der Waals surface area (Å²) in [6, 6.07) is 4.63. The molecule has 0 bridgehead atoms. The van der Waals surface area contributed by atoms with Gasteiger partial charge in [-0.05, 0) is 62.6 Å². The molecule has 0 spiro atoms. The zero-order valence-corrected chi connectivity index (χ0v) is 16.8. The lowest BCUT2D eigenvalue weighted by Gasteiger charge is -2.39. The Hall–Kier alpha value is -2.82. The van der Waals surface area contributed by atoms with Crippen molar-refractivity contribution in [1.82, 2.24) is 4.90 Å². The third-order valence-corrected chi connectivity index (χ3v) is 5.42. The smallest absolute Gasteiger partial charge is 0.371 e. The summed E-state index contributed by atoms with van der Waals surface area (Å²) in [5, 5.41) is 11.4. The summed E-state index contributed by atoms with van der Waals surface area (Å²) >= 11 is 0. The largest absolute Gasteiger partial charge is 0.417 e. The second-order valence-corrected chi connectivity index (χ2v) is 8.30. The molecule has 1 amide bonds. The highest BCUT2D eigenvalue weighted by Crippen LogP contribution is 2.35. The number of nitrogens with one attached hydrogen (secondary N) is 1. The normalized spacial score (nSPS) is 19.4. The number of halogens is 4. The summed E-state index contributed by atoms with van der Waals surface area (Å²) in [7, 11) is 0. The van der Waals surface area contributed by atoms with Crippen LogP contribution in [0.25, 0.3) is 0 Å². The summed E-state index contributed by atoms with van der Waals surface area (Å²) < 4.78 is 53.2. The number of nitrogens with zero attached hydrogens (tertiary/aromatic N) is 2. The minimum atomic E-state index is -4.69. The maximum absolute atomic E-state index is 13.7. The van der Waals surface area contributed by atoms with Crippen molar-refractivity contribution in [2.75, 3.05) is 18.4 Å². The molecule has 1 aromatic carbocycles. The number of allylic oxidation sites excluding steroid dienone is 3. The van der Waals surface area contributed by atoms with Crippen LogP contribution < -0.4 is 5.32 Å². The lowest BCUT2D eigenvalue weighted by atomic mass is 9.87. The minimum absolute atomic E-state index is 0.0178. The maximum Gasteiger partial charge on any atom is 0.417 e. The fourth-order valence-electron chi connectivity index (χ4n) is 3.85. The van der Waals surface area contributed by atoms with Crippen LogP contribution in [0.2, 0.25) is 0 Å². The highest BCUT2D eigenvalue weighted by molar-refractivity contribution is 5.95. The predicted octanol–water partition coefficient (Wildman–Crippen LogP) is 5.19. The Bertz CT molecular complexity index is 941. The monoisotopic (exact) mass is 421 g/mol. The molecule has 0 fully saturated rings. The molecular formula is C22H23F4N3O. The molecule has 0 radical (unpaired) electrons. The van der Waals surface area contributed by atoms with Gasteiger partial charge >= 0.3 is 6.18 Å². The van der Waals surface area contributed by atoms with Crippen LogP contribution in [-0.2, 0) is 11.0 Å². The van der Waals surface area contributed by atoms with E-state index in [1.165, 1.54) is 18.2 Å². The van der Waals surface area contributed by atoms with Crippen molar-refractivity contribution in [3.8, 4) is 6.07 Å². The van der Waals surface area contributed by atoms with E-state index in [1.54, 1.807) is 19.9 Å².